The summed E-state index contributed by atoms with van der Waals surface area (Å²) >= 11 is 0. The van der Waals surface area contributed by atoms with Gasteiger partial charge in [-0.25, -0.2) is 0 Å². The van der Waals surface area contributed by atoms with Gasteiger partial charge in [0, 0.05) is 37.8 Å². The number of rotatable bonds is 6. The van der Waals surface area contributed by atoms with Gasteiger partial charge >= 0.3 is 0 Å². The van der Waals surface area contributed by atoms with E-state index in [1.165, 1.54) is 6.42 Å². The van der Waals surface area contributed by atoms with Crippen molar-refractivity contribution in [1.29, 1.82) is 0 Å². The van der Waals surface area contributed by atoms with Gasteiger partial charge in [0.1, 0.15) is 0 Å². The van der Waals surface area contributed by atoms with Crippen molar-refractivity contribution in [2.24, 2.45) is 5.92 Å². The van der Waals surface area contributed by atoms with Crippen LogP contribution in [0, 0.1) is 5.92 Å². The van der Waals surface area contributed by atoms with Gasteiger partial charge in [-0.1, -0.05) is 20.8 Å². The lowest BCUT2D eigenvalue weighted by Gasteiger charge is -2.45. The average Bonchev–Trinajstić information content (AvgIpc) is 2.29. The summed E-state index contributed by atoms with van der Waals surface area (Å²) in [6, 6.07) is 1.82. The van der Waals surface area contributed by atoms with Crippen LogP contribution in [-0.4, -0.2) is 49.3 Å². The van der Waals surface area contributed by atoms with Crippen molar-refractivity contribution < 1.29 is 4.74 Å². The molecular weight excluding hydrogens is 212 g/mol. The summed E-state index contributed by atoms with van der Waals surface area (Å²) in [5, 5.41) is 3.58. The predicted molar refractivity (Wildman–Crippen MR) is 73.4 cm³/mol. The maximum Gasteiger partial charge on any atom is 0.0624 e. The molecule has 0 aromatic carbocycles. The quantitative estimate of drug-likeness (QED) is 0.772. The maximum atomic E-state index is 5.68. The van der Waals surface area contributed by atoms with E-state index in [0.717, 1.165) is 26.3 Å². The molecule has 1 fully saturated rings. The third kappa shape index (κ3) is 4.23. The molecule has 0 aromatic heterocycles. The summed E-state index contributed by atoms with van der Waals surface area (Å²) in [6.45, 7) is 15.2. The summed E-state index contributed by atoms with van der Waals surface area (Å²) in [6.07, 6.45) is 1.22. The van der Waals surface area contributed by atoms with Gasteiger partial charge < -0.3 is 10.1 Å². The topological polar surface area (TPSA) is 24.5 Å². The molecule has 17 heavy (non-hydrogen) atoms. The Morgan fingerprint density at radius 3 is 2.59 bits per heavy atom. The van der Waals surface area contributed by atoms with E-state index in [-0.39, 0.29) is 0 Å². The molecule has 3 unspecified atom stereocenters. The molecule has 1 aliphatic heterocycles. The number of nitrogens with zero attached hydrogens (tertiary/aromatic N) is 1. The minimum atomic E-state index is 0.560. The summed E-state index contributed by atoms with van der Waals surface area (Å²) < 4.78 is 5.68. The van der Waals surface area contributed by atoms with E-state index in [1.807, 2.05) is 0 Å². The molecule has 3 atom stereocenters. The van der Waals surface area contributed by atoms with Crippen LogP contribution in [0.25, 0.3) is 0 Å². The van der Waals surface area contributed by atoms with Crippen LogP contribution < -0.4 is 5.32 Å². The second-order valence-electron chi connectivity index (χ2n) is 5.54. The van der Waals surface area contributed by atoms with Crippen molar-refractivity contribution >= 4 is 0 Å². The van der Waals surface area contributed by atoms with Crippen molar-refractivity contribution in [1.82, 2.24) is 10.2 Å². The van der Waals surface area contributed by atoms with Crippen molar-refractivity contribution in [3.63, 3.8) is 0 Å². The first-order chi connectivity index (χ1) is 8.10. The highest BCUT2D eigenvalue weighted by Gasteiger charge is 2.31. The molecule has 0 spiro atoms. The van der Waals surface area contributed by atoms with E-state index < -0.39 is 0 Å². The Morgan fingerprint density at radius 1 is 1.35 bits per heavy atom. The Morgan fingerprint density at radius 2 is 2.06 bits per heavy atom. The van der Waals surface area contributed by atoms with Gasteiger partial charge in [-0.05, 0) is 26.2 Å². The second-order valence-corrected chi connectivity index (χ2v) is 5.54. The van der Waals surface area contributed by atoms with Crippen LogP contribution in [0.4, 0.5) is 0 Å². The fraction of sp³-hybridized carbons (Fsp3) is 1.00. The molecule has 3 heteroatoms. The molecule has 1 rings (SSSR count). The van der Waals surface area contributed by atoms with Gasteiger partial charge in [-0.15, -0.1) is 0 Å². The van der Waals surface area contributed by atoms with Crippen molar-refractivity contribution in [3.05, 3.63) is 0 Å². The second kappa shape index (κ2) is 7.34. The Hall–Kier alpha value is -0.120. The molecule has 0 aliphatic carbocycles. The van der Waals surface area contributed by atoms with Crippen LogP contribution in [-0.2, 0) is 4.74 Å². The third-order valence-corrected chi connectivity index (χ3v) is 3.82. The van der Waals surface area contributed by atoms with Gasteiger partial charge in [0.2, 0.25) is 0 Å². The Balaban J connectivity index is 2.66. The van der Waals surface area contributed by atoms with Gasteiger partial charge in [0.05, 0.1) is 6.61 Å². The molecule has 0 aromatic rings. The predicted octanol–water partition coefficient (Wildman–Crippen LogP) is 2.12. The molecule has 1 saturated heterocycles. The van der Waals surface area contributed by atoms with E-state index in [1.54, 1.807) is 0 Å². The summed E-state index contributed by atoms with van der Waals surface area (Å²) in [5.41, 5.74) is 0. The van der Waals surface area contributed by atoms with Crippen LogP contribution in [0.15, 0.2) is 0 Å². The molecule has 0 amide bonds. The zero-order chi connectivity index (χ0) is 12.8. The third-order valence-electron chi connectivity index (χ3n) is 3.82. The summed E-state index contributed by atoms with van der Waals surface area (Å²) in [5.74, 6) is 0.654. The van der Waals surface area contributed by atoms with Crippen LogP contribution in [0.3, 0.4) is 0 Å². The van der Waals surface area contributed by atoms with Crippen molar-refractivity contribution in [3.8, 4) is 0 Å². The first kappa shape index (κ1) is 14.9. The molecular formula is C14H30N2O. The first-order valence-corrected chi connectivity index (χ1v) is 7.16. The maximum absolute atomic E-state index is 5.68. The molecule has 0 saturated carbocycles. The SMILES string of the molecule is CCOCC(C(C)C)N1CC(C)NCC1CC. The number of hydrogen-bond donors (Lipinski definition) is 1. The zero-order valence-electron chi connectivity index (χ0n) is 12.2. The van der Waals surface area contributed by atoms with E-state index in [9.17, 15) is 0 Å². The molecule has 1 aliphatic rings. The molecule has 1 heterocycles. The highest BCUT2D eigenvalue weighted by molar-refractivity contribution is 4.88. The first-order valence-electron chi connectivity index (χ1n) is 7.16. The monoisotopic (exact) mass is 242 g/mol. The minimum Gasteiger partial charge on any atom is -0.380 e. The fourth-order valence-corrected chi connectivity index (χ4v) is 2.68. The summed E-state index contributed by atoms with van der Waals surface area (Å²) in [4.78, 5) is 2.67. The average molecular weight is 242 g/mol. The number of hydrogen-bond acceptors (Lipinski definition) is 3. The number of piperazine rings is 1. The number of nitrogens with one attached hydrogen (secondary N) is 1. The highest BCUT2D eigenvalue weighted by atomic mass is 16.5. The Labute approximate surface area is 107 Å². The fourth-order valence-electron chi connectivity index (χ4n) is 2.68. The van der Waals surface area contributed by atoms with E-state index in [2.05, 4.69) is 44.8 Å². The molecule has 1 N–H and O–H groups in total. The van der Waals surface area contributed by atoms with E-state index >= 15 is 0 Å². The van der Waals surface area contributed by atoms with Gasteiger partial charge in [0.25, 0.3) is 0 Å². The van der Waals surface area contributed by atoms with Crippen LogP contribution >= 0.6 is 0 Å². The van der Waals surface area contributed by atoms with Crippen LogP contribution in [0.1, 0.15) is 41.0 Å². The Kier molecular flexibility index (Phi) is 6.45. The van der Waals surface area contributed by atoms with Gasteiger partial charge in [0.15, 0.2) is 0 Å². The smallest absolute Gasteiger partial charge is 0.0624 e. The molecule has 0 bridgehead atoms. The molecule has 0 radical (unpaired) electrons. The lowest BCUT2D eigenvalue weighted by atomic mass is 9.97. The highest BCUT2D eigenvalue weighted by Crippen LogP contribution is 2.19. The van der Waals surface area contributed by atoms with E-state index in [4.69, 9.17) is 4.74 Å². The number of ether oxygens (including phenoxy) is 1. The molecule has 102 valence electrons. The minimum absolute atomic E-state index is 0.560. The van der Waals surface area contributed by atoms with Crippen LogP contribution in [0.5, 0.6) is 0 Å². The van der Waals surface area contributed by atoms with Crippen LogP contribution in [0.2, 0.25) is 0 Å². The van der Waals surface area contributed by atoms with Crippen molar-refractivity contribution in [2.45, 2.75) is 59.2 Å². The standard InChI is InChI=1S/C14H30N2O/c1-6-13-8-15-12(5)9-16(13)14(11(3)4)10-17-7-2/h11-15H,6-10H2,1-5H3. The summed E-state index contributed by atoms with van der Waals surface area (Å²) in [7, 11) is 0. The lowest BCUT2D eigenvalue weighted by molar-refractivity contribution is 0.00180. The normalized spacial score (nSPS) is 28.6. The Bertz CT molecular complexity index is 208. The van der Waals surface area contributed by atoms with Gasteiger partial charge in [-0.2, -0.15) is 0 Å². The van der Waals surface area contributed by atoms with Gasteiger partial charge in [-0.3, -0.25) is 4.90 Å². The molecule has 3 nitrogen and oxygen atoms in total. The zero-order valence-corrected chi connectivity index (χ0v) is 12.2. The largest absolute Gasteiger partial charge is 0.380 e. The van der Waals surface area contributed by atoms with E-state index in [0.29, 0.717) is 24.0 Å². The lowest BCUT2D eigenvalue weighted by Crippen LogP contribution is -2.60. The van der Waals surface area contributed by atoms with Crippen molar-refractivity contribution in [2.75, 3.05) is 26.3 Å².